The SMILES string of the molecule is CCC1(C(=O)OCc2ccccc2)CCCOC1. The number of rotatable bonds is 4. The Morgan fingerprint density at radius 3 is 2.78 bits per heavy atom. The summed E-state index contributed by atoms with van der Waals surface area (Å²) in [5, 5.41) is 0. The van der Waals surface area contributed by atoms with Gasteiger partial charge >= 0.3 is 5.97 Å². The lowest BCUT2D eigenvalue weighted by molar-refractivity contribution is -0.166. The Balaban J connectivity index is 1.94. The zero-order chi connectivity index (χ0) is 12.8. The third-order valence-electron chi connectivity index (χ3n) is 3.64. The maximum absolute atomic E-state index is 12.2. The van der Waals surface area contributed by atoms with Gasteiger partial charge in [0.05, 0.1) is 12.0 Å². The van der Waals surface area contributed by atoms with Gasteiger partial charge in [-0.2, -0.15) is 0 Å². The molecule has 0 saturated carbocycles. The second kappa shape index (κ2) is 6.01. The van der Waals surface area contributed by atoms with E-state index in [1.54, 1.807) is 0 Å². The van der Waals surface area contributed by atoms with E-state index in [1.165, 1.54) is 0 Å². The molecule has 0 aromatic heterocycles. The van der Waals surface area contributed by atoms with Gasteiger partial charge in [-0.3, -0.25) is 4.79 Å². The third kappa shape index (κ3) is 2.91. The van der Waals surface area contributed by atoms with Gasteiger partial charge in [0.15, 0.2) is 0 Å². The van der Waals surface area contributed by atoms with Crippen LogP contribution in [-0.4, -0.2) is 19.2 Å². The second-order valence-electron chi connectivity index (χ2n) is 4.85. The molecule has 0 amide bonds. The highest BCUT2D eigenvalue weighted by molar-refractivity contribution is 5.77. The molecule has 1 aromatic rings. The van der Waals surface area contributed by atoms with Crippen molar-refractivity contribution in [2.75, 3.05) is 13.2 Å². The highest BCUT2D eigenvalue weighted by Crippen LogP contribution is 2.33. The van der Waals surface area contributed by atoms with Gasteiger partial charge in [0.1, 0.15) is 6.61 Å². The van der Waals surface area contributed by atoms with Gasteiger partial charge in [-0.1, -0.05) is 37.3 Å². The van der Waals surface area contributed by atoms with Crippen LogP contribution in [0.1, 0.15) is 31.7 Å². The largest absolute Gasteiger partial charge is 0.460 e. The van der Waals surface area contributed by atoms with Crippen molar-refractivity contribution in [2.45, 2.75) is 32.8 Å². The van der Waals surface area contributed by atoms with Crippen LogP contribution in [0.4, 0.5) is 0 Å². The average Bonchev–Trinajstić information content (AvgIpc) is 2.46. The first-order valence-electron chi connectivity index (χ1n) is 6.56. The molecule has 3 nitrogen and oxygen atoms in total. The van der Waals surface area contributed by atoms with Gasteiger partial charge < -0.3 is 9.47 Å². The van der Waals surface area contributed by atoms with E-state index in [0.29, 0.717) is 13.2 Å². The minimum atomic E-state index is -0.424. The number of hydrogen-bond acceptors (Lipinski definition) is 3. The summed E-state index contributed by atoms with van der Waals surface area (Å²) in [5.74, 6) is -0.117. The van der Waals surface area contributed by atoms with Crippen LogP contribution in [0.15, 0.2) is 30.3 Å². The van der Waals surface area contributed by atoms with Crippen molar-refractivity contribution in [1.82, 2.24) is 0 Å². The Morgan fingerprint density at radius 1 is 1.39 bits per heavy atom. The fourth-order valence-corrected chi connectivity index (χ4v) is 2.31. The van der Waals surface area contributed by atoms with Crippen molar-refractivity contribution >= 4 is 5.97 Å². The van der Waals surface area contributed by atoms with Crippen LogP contribution in [-0.2, 0) is 20.9 Å². The van der Waals surface area contributed by atoms with Crippen LogP contribution in [0.3, 0.4) is 0 Å². The average molecular weight is 248 g/mol. The first-order valence-corrected chi connectivity index (χ1v) is 6.56. The molecule has 1 aliphatic heterocycles. The van der Waals surface area contributed by atoms with Crippen LogP contribution in [0.2, 0.25) is 0 Å². The fraction of sp³-hybridized carbons (Fsp3) is 0.533. The zero-order valence-electron chi connectivity index (χ0n) is 10.9. The van der Waals surface area contributed by atoms with E-state index in [2.05, 4.69) is 0 Å². The molecular formula is C15H20O3. The molecule has 0 radical (unpaired) electrons. The Bertz CT molecular complexity index is 380. The summed E-state index contributed by atoms with van der Waals surface area (Å²) in [4.78, 5) is 12.2. The predicted octanol–water partition coefficient (Wildman–Crippen LogP) is 2.94. The van der Waals surface area contributed by atoms with Gasteiger partial charge in [0.25, 0.3) is 0 Å². The second-order valence-corrected chi connectivity index (χ2v) is 4.85. The molecule has 0 spiro atoms. The summed E-state index contributed by atoms with van der Waals surface area (Å²) in [6, 6.07) is 9.77. The number of carbonyl (C=O) groups is 1. The number of esters is 1. The topological polar surface area (TPSA) is 35.5 Å². The minimum Gasteiger partial charge on any atom is -0.460 e. The predicted molar refractivity (Wildman–Crippen MR) is 69.0 cm³/mol. The summed E-state index contributed by atoms with van der Waals surface area (Å²) in [5.41, 5.74) is 0.598. The van der Waals surface area contributed by atoms with Crippen LogP contribution in [0.5, 0.6) is 0 Å². The first-order chi connectivity index (χ1) is 8.77. The maximum atomic E-state index is 12.2. The molecule has 1 atom stereocenters. The Morgan fingerprint density at radius 2 is 2.17 bits per heavy atom. The van der Waals surface area contributed by atoms with Crippen molar-refractivity contribution in [3.05, 3.63) is 35.9 Å². The molecule has 0 N–H and O–H groups in total. The van der Waals surface area contributed by atoms with Crippen LogP contribution in [0, 0.1) is 5.41 Å². The summed E-state index contributed by atoms with van der Waals surface area (Å²) >= 11 is 0. The number of ether oxygens (including phenoxy) is 2. The first kappa shape index (κ1) is 13.1. The molecule has 3 heteroatoms. The molecule has 1 aromatic carbocycles. The van der Waals surface area contributed by atoms with Crippen molar-refractivity contribution in [3.8, 4) is 0 Å². The standard InChI is InChI=1S/C15H20O3/c1-2-15(9-6-10-17-12-15)14(16)18-11-13-7-4-3-5-8-13/h3-5,7-8H,2,6,9-12H2,1H3. The molecule has 18 heavy (non-hydrogen) atoms. The molecule has 1 saturated heterocycles. The zero-order valence-corrected chi connectivity index (χ0v) is 10.9. The van der Waals surface area contributed by atoms with E-state index in [-0.39, 0.29) is 5.97 Å². The molecule has 1 aliphatic rings. The summed E-state index contributed by atoms with van der Waals surface area (Å²) in [6.07, 6.45) is 2.59. The molecule has 1 heterocycles. The lowest BCUT2D eigenvalue weighted by Gasteiger charge is -2.33. The van der Waals surface area contributed by atoms with Crippen LogP contribution < -0.4 is 0 Å². The smallest absolute Gasteiger partial charge is 0.314 e. The Labute approximate surface area is 108 Å². The molecule has 0 bridgehead atoms. The Hall–Kier alpha value is -1.35. The van der Waals surface area contributed by atoms with Gasteiger partial charge in [-0.15, -0.1) is 0 Å². The van der Waals surface area contributed by atoms with Crippen molar-refractivity contribution in [1.29, 1.82) is 0 Å². The van der Waals surface area contributed by atoms with Crippen molar-refractivity contribution in [2.24, 2.45) is 5.41 Å². The maximum Gasteiger partial charge on any atom is 0.314 e. The quantitative estimate of drug-likeness (QED) is 0.768. The van der Waals surface area contributed by atoms with Gasteiger partial charge in [0, 0.05) is 6.61 Å². The monoisotopic (exact) mass is 248 g/mol. The summed E-state index contributed by atoms with van der Waals surface area (Å²) in [7, 11) is 0. The highest BCUT2D eigenvalue weighted by atomic mass is 16.5. The van der Waals surface area contributed by atoms with E-state index in [9.17, 15) is 4.79 Å². The van der Waals surface area contributed by atoms with Crippen LogP contribution in [0.25, 0.3) is 0 Å². The van der Waals surface area contributed by atoms with Crippen molar-refractivity contribution in [3.63, 3.8) is 0 Å². The molecule has 0 aliphatic carbocycles. The molecule has 98 valence electrons. The molecule has 1 fully saturated rings. The van der Waals surface area contributed by atoms with E-state index in [1.807, 2.05) is 37.3 Å². The Kier molecular flexibility index (Phi) is 4.37. The third-order valence-corrected chi connectivity index (χ3v) is 3.64. The highest BCUT2D eigenvalue weighted by Gasteiger charge is 2.40. The number of benzene rings is 1. The van der Waals surface area contributed by atoms with Gasteiger partial charge in [-0.05, 0) is 24.8 Å². The minimum absolute atomic E-state index is 0.117. The van der Waals surface area contributed by atoms with Gasteiger partial charge in [0.2, 0.25) is 0 Å². The molecule has 1 unspecified atom stereocenters. The molecular weight excluding hydrogens is 228 g/mol. The van der Waals surface area contributed by atoms with E-state index < -0.39 is 5.41 Å². The van der Waals surface area contributed by atoms with E-state index >= 15 is 0 Å². The van der Waals surface area contributed by atoms with Crippen LogP contribution >= 0.6 is 0 Å². The van der Waals surface area contributed by atoms with E-state index in [4.69, 9.17) is 9.47 Å². The molecule has 2 rings (SSSR count). The normalized spacial score (nSPS) is 23.6. The van der Waals surface area contributed by atoms with Crippen molar-refractivity contribution < 1.29 is 14.3 Å². The number of carbonyl (C=O) groups excluding carboxylic acids is 1. The lowest BCUT2D eigenvalue weighted by Crippen LogP contribution is -2.40. The van der Waals surface area contributed by atoms with Gasteiger partial charge in [-0.25, -0.2) is 0 Å². The van der Waals surface area contributed by atoms with E-state index in [0.717, 1.165) is 31.4 Å². The summed E-state index contributed by atoms with van der Waals surface area (Å²) < 4.78 is 10.9. The fourth-order valence-electron chi connectivity index (χ4n) is 2.31. The number of hydrogen-bond donors (Lipinski definition) is 0. The lowest BCUT2D eigenvalue weighted by atomic mass is 9.80. The summed E-state index contributed by atoms with van der Waals surface area (Å²) in [6.45, 7) is 3.63.